The highest BCUT2D eigenvalue weighted by atomic mass is 79.9. The molecule has 0 aromatic heterocycles. The Morgan fingerprint density at radius 3 is 1.81 bits per heavy atom. The summed E-state index contributed by atoms with van der Waals surface area (Å²) in [5.41, 5.74) is 5.83. The lowest BCUT2D eigenvalue weighted by Gasteiger charge is -2.09. The van der Waals surface area contributed by atoms with Gasteiger partial charge in [0.15, 0.2) is 5.78 Å². The molecular weight excluding hydrogens is 444 g/mol. The Kier molecular flexibility index (Phi) is 5.23. The second-order valence-corrected chi connectivity index (χ2v) is 8.48. The maximum atomic E-state index is 13.0. The molecule has 0 saturated carbocycles. The number of benzene rings is 5. The van der Waals surface area contributed by atoms with Gasteiger partial charge in [-0.05, 0) is 63.4 Å². The van der Waals surface area contributed by atoms with Gasteiger partial charge in [-0.25, -0.2) is 0 Å². The SMILES string of the molecule is O=C(c1cccc(Br)c1)c1cccc(-c2cccc(-c3ccc4ccccc4c3)c2)c1. The summed E-state index contributed by atoms with van der Waals surface area (Å²) in [6.07, 6.45) is 0. The lowest BCUT2D eigenvalue weighted by atomic mass is 9.95. The Hall–Kier alpha value is -3.49. The van der Waals surface area contributed by atoms with Crippen molar-refractivity contribution in [3.63, 3.8) is 0 Å². The van der Waals surface area contributed by atoms with Crippen molar-refractivity contribution in [1.29, 1.82) is 0 Å². The molecule has 0 fully saturated rings. The van der Waals surface area contributed by atoms with E-state index in [1.165, 1.54) is 16.3 Å². The van der Waals surface area contributed by atoms with Crippen molar-refractivity contribution >= 4 is 32.5 Å². The highest BCUT2D eigenvalue weighted by Gasteiger charge is 2.11. The number of rotatable bonds is 4. The van der Waals surface area contributed by atoms with Crippen LogP contribution in [-0.2, 0) is 0 Å². The van der Waals surface area contributed by atoms with E-state index in [0.717, 1.165) is 21.2 Å². The molecule has 148 valence electrons. The van der Waals surface area contributed by atoms with Crippen molar-refractivity contribution in [3.05, 3.63) is 131 Å². The second kappa shape index (κ2) is 8.33. The number of hydrogen-bond acceptors (Lipinski definition) is 1. The molecule has 31 heavy (non-hydrogen) atoms. The summed E-state index contributed by atoms with van der Waals surface area (Å²) in [7, 11) is 0. The van der Waals surface area contributed by atoms with E-state index >= 15 is 0 Å². The van der Waals surface area contributed by atoms with E-state index in [4.69, 9.17) is 0 Å². The standard InChI is InChI=1S/C29H19BrO/c30-28-13-5-12-27(19-28)29(31)26-11-4-10-24(18-26)22-8-3-9-23(17-22)25-15-14-20-6-1-2-7-21(20)16-25/h1-19H. The fourth-order valence-corrected chi connectivity index (χ4v) is 4.28. The summed E-state index contributed by atoms with van der Waals surface area (Å²) >= 11 is 3.45. The largest absolute Gasteiger partial charge is 0.289 e. The van der Waals surface area contributed by atoms with Gasteiger partial charge < -0.3 is 0 Å². The van der Waals surface area contributed by atoms with Crippen LogP contribution >= 0.6 is 15.9 Å². The maximum absolute atomic E-state index is 13.0. The summed E-state index contributed by atoms with van der Waals surface area (Å²) in [6.45, 7) is 0. The first kappa shape index (κ1) is 19.5. The number of carbonyl (C=O) groups is 1. The van der Waals surface area contributed by atoms with Crippen LogP contribution in [0.5, 0.6) is 0 Å². The van der Waals surface area contributed by atoms with Gasteiger partial charge in [-0.3, -0.25) is 4.79 Å². The Bertz CT molecular complexity index is 1420. The highest BCUT2D eigenvalue weighted by Crippen LogP contribution is 2.29. The van der Waals surface area contributed by atoms with Gasteiger partial charge in [0.05, 0.1) is 0 Å². The van der Waals surface area contributed by atoms with Crippen molar-refractivity contribution < 1.29 is 4.79 Å². The Balaban J connectivity index is 1.51. The number of ketones is 1. The highest BCUT2D eigenvalue weighted by molar-refractivity contribution is 9.10. The molecule has 0 heterocycles. The van der Waals surface area contributed by atoms with Crippen LogP contribution in [0.4, 0.5) is 0 Å². The molecule has 0 bridgehead atoms. The molecule has 5 rings (SSSR count). The fraction of sp³-hybridized carbons (Fsp3) is 0. The number of hydrogen-bond donors (Lipinski definition) is 0. The Morgan fingerprint density at radius 1 is 0.484 bits per heavy atom. The molecule has 0 spiro atoms. The Morgan fingerprint density at radius 2 is 1.06 bits per heavy atom. The van der Waals surface area contributed by atoms with Gasteiger partial charge >= 0.3 is 0 Å². The zero-order valence-corrected chi connectivity index (χ0v) is 18.3. The zero-order valence-electron chi connectivity index (χ0n) is 16.8. The molecule has 0 atom stereocenters. The van der Waals surface area contributed by atoms with Gasteiger partial charge in [-0.1, -0.05) is 101 Å². The average Bonchev–Trinajstić information content (AvgIpc) is 2.83. The van der Waals surface area contributed by atoms with E-state index in [1.54, 1.807) is 0 Å². The first-order valence-electron chi connectivity index (χ1n) is 10.2. The third kappa shape index (κ3) is 4.08. The Labute approximate surface area is 190 Å². The molecule has 0 aliphatic rings. The first-order chi connectivity index (χ1) is 15.2. The molecule has 0 amide bonds. The third-order valence-electron chi connectivity index (χ3n) is 5.49. The van der Waals surface area contributed by atoms with Gasteiger partial charge in [0.2, 0.25) is 0 Å². The van der Waals surface area contributed by atoms with Crippen molar-refractivity contribution in [1.82, 2.24) is 0 Å². The lowest BCUT2D eigenvalue weighted by Crippen LogP contribution is -2.01. The van der Waals surface area contributed by atoms with E-state index < -0.39 is 0 Å². The maximum Gasteiger partial charge on any atom is 0.193 e. The van der Waals surface area contributed by atoms with Crippen molar-refractivity contribution in [2.24, 2.45) is 0 Å². The minimum Gasteiger partial charge on any atom is -0.289 e. The minimum atomic E-state index is 0.0221. The first-order valence-corrected chi connectivity index (χ1v) is 11.0. The molecule has 0 radical (unpaired) electrons. The number of fused-ring (bicyclic) bond motifs is 1. The van der Waals surface area contributed by atoms with Crippen molar-refractivity contribution in [2.45, 2.75) is 0 Å². The van der Waals surface area contributed by atoms with E-state index in [0.29, 0.717) is 11.1 Å². The second-order valence-electron chi connectivity index (χ2n) is 7.56. The van der Waals surface area contributed by atoms with Crippen LogP contribution in [0.25, 0.3) is 33.0 Å². The predicted octanol–water partition coefficient (Wildman–Crippen LogP) is 8.17. The van der Waals surface area contributed by atoms with Crippen LogP contribution < -0.4 is 0 Å². The summed E-state index contributed by atoms with van der Waals surface area (Å²) < 4.78 is 0.901. The molecule has 0 aliphatic carbocycles. The quantitative estimate of drug-likeness (QED) is 0.246. The third-order valence-corrected chi connectivity index (χ3v) is 5.98. The van der Waals surface area contributed by atoms with Crippen LogP contribution in [0, 0.1) is 0 Å². The number of halogens is 1. The van der Waals surface area contributed by atoms with Crippen LogP contribution in [-0.4, -0.2) is 5.78 Å². The summed E-state index contributed by atoms with van der Waals surface area (Å²) in [5, 5.41) is 2.47. The molecule has 1 nitrogen and oxygen atoms in total. The minimum absolute atomic E-state index is 0.0221. The van der Waals surface area contributed by atoms with Crippen LogP contribution in [0.2, 0.25) is 0 Å². The fourth-order valence-electron chi connectivity index (χ4n) is 3.88. The molecule has 2 heteroatoms. The van der Waals surface area contributed by atoms with E-state index in [9.17, 15) is 4.79 Å². The van der Waals surface area contributed by atoms with E-state index in [-0.39, 0.29) is 5.78 Å². The smallest absolute Gasteiger partial charge is 0.193 e. The van der Waals surface area contributed by atoms with Crippen molar-refractivity contribution in [2.75, 3.05) is 0 Å². The van der Waals surface area contributed by atoms with Gasteiger partial charge in [-0.2, -0.15) is 0 Å². The van der Waals surface area contributed by atoms with E-state index in [1.807, 2.05) is 42.5 Å². The van der Waals surface area contributed by atoms with Gasteiger partial charge in [0.25, 0.3) is 0 Å². The molecule has 0 unspecified atom stereocenters. The van der Waals surface area contributed by atoms with Gasteiger partial charge in [0, 0.05) is 15.6 Å². The van der Waals surface area contributed by atoms with Crippen LogP contribution in [0.1, 0.15) is 15.9 Å². The van der Waals surface area contributed by atoms with Gasteiger partial charge in [0.1, 0.15) is 0 Å². The van der Waals surface area contributed by atoms with E-state index in [2.05, 4.69) is 88.7 Å². The monoisotopic (exact) mass is 462 g/mol. The van der Waals surface area contributed by atoms with Gasteiger partial charge in [-0.15, -0.1) is 0 Å². The van der Waals surface area contributed by atoms with Crippen LogP contribution in [0.15, 0.2) is 120 Å². The molecular formula is C29H19BrO. The molecule has 0 saturated heterocycles. The summed E-state index contributed by atoms with van der Waals surface area (Å²) in [6, 6.07) is 38.8. The summed E-state index contributed by atoms with van der Waals surface area (Å²) in [5.74, 6) is 0.0221. The molecule has 0 N–H and O–H groups in total. The molecule has 0 aliphatic heterocycles. The average molecular weight is 463 g/mol. The normalized spacial score (nSPS) is 10.9. The lowest BCUT2D eigenvalue weighted by molar-refractivity contribution is 0.103. The molecule has 5 aromatic carbocycles. The van der Waals surface area contributed by atoms with Crippen LogP contribution in [0.3, 0.4) is 0 Å². The summed E-state index contributed by atoms with van der Waals surface area (Å²) in [4.78, 5) is 13.0. The van der Waals surface area contributed by atoms with Crippen molar-refractivity contribution in [3.8, 4) is 22.3 Å². The topological polar surface area (TPSA) is 17.1 Å². The predicted molar refractivity (Wildman–Crippen MR) is 132 cm³/mol. The zero-order chi connectivity index (χ0) is 21.2. The number of carbonyl (C=O) groups excluding carboxylic acids is 1. The molecule has 5 aromatic rings.